The van der Waals surface area contributed by atoms with E-state index in [4.69, 9.17) is 14.2 Å². The molecule has 1 fully saturated rings. The molecule has 3 heterocycles. The summed E-state index contributed by atoms with van der Waals surface area (Å²) in [7, 11) is 4.65. The number of rotatable bonds is 8. The fourth-order valence-electron chi connectivity index (χ4n) is 4.31. The Morgan fingerprint density at radius 3 is 2.33 bits per heavy atom. The van der Waals surface area contributed by atoms with Crippen molar-refractivity contribution in [2.24, 2.45) is 0 Å². The quantitative estimate of drug-likeness (QED) is 0.366. The molecule has 36 heavy (non-hydrogen) atoms. The maximum atomic E-state index is 13.6. The fourth-order valence-corrected chi connectivity index (χ4v) is 4.31. The topological polar surface area (TPSA) is 101 Å². The number of fused-ring (bicyclic) bond motifs is 1. The first-order valence-corrected chi connectivity index (χ1v) is 11.5. The summed E-state index contributed by atoms with van der Waals surface area (Å²) < 4.78 is 47.0. The molecule has 0 unspecified atom stereocenters. The minimum Gasteiger partial charge on any atom is -0.493 e. The lowest BCUT2D eigenvalue weighted by Crippen LogP contribution is -2.34. The van der Waals surface area contributed by atoms with Crippen molar-refractivity contribution in [3.8, 4) is 22.9 Å². The summed E-state index contributed by atoms with van der Waals surface area (Å²) in [6.45, 7) is 3.97. The summed E-state index contributed by atoms with van der Waals surface area (Å²) >= 11 is 0. The zero-order valence-corrected chi connectivity index (χ0v) is 20.6. The first-order chi connectivity index (χ1) is 17.2. The molecule has 3 aromatic heterocycles. The molecule has 190 valence electrons. The van der Waals surface area contributed by atoms with Gasteiger partial charge in [-0.15, -0.1) is 0 Å². The third kappa shape index (κ3) is 4.16. The van der Waals surface area contributed by atoms with Gasteiger partial charge in [-0.2, -0.15) is 5.10 Å². The van der Waals surface area contributed by atoms with Crippen LogP contribution in [-0.2, 0) is 0 Å². The molecule has 1 aliphatic carbocycles. The second kappa shape index (κ2) is 8.92. The number of nitrogens with one attached hydrogen (secondary N) is 1. The fraction of sp³-hybridized carbons (Fsp3) is 0.417. The molecule has 4 aromatic rings. The van der Waals surface area contributed by atoms with Gasteiger partial charge in [-0.3, -0.25) is 0 Å². The van der Waals surface area contributed by atoms with Crippen LogP contribution in [0.1, 0.15) is 44.5 Å². The zero-order chi connectivity index (χ0) is 25.6. The van der Waals surface area contributed by atoms with Crippen LogP contribution in [0, 0.1) is 0 Å². The minimum atomic E-state index is -2.67. The number of hydrogen-bond acceptors (Lipinski definition) is 8. The van der Waals surface area contributed by atoms with Crippen LogP contribution in [-0.4, -0.2) is 56.6 Å². The van der Waals surface area contributed by atoms with E-state index in [0.717, 1.165) is 5.69 Å². The lowest BCUT2D eigenvalue weighted by Gasteiger charge is -2.33. The predicted molar refractivity (Wildman–Crippen MR) is 129 cm³/mol. The second-order valence-electron chi connectivity index (χ2n) is 8.99. The maximum absolute atomic E-state index is 13.6. The van der Waals surface area contributed by atoms with E-state index < -0.39 is 11.8 Å². The average molecular weight is 500 g/mol. The number of alkyl halides is 2. The van der Waals surface area contributed by atoms with E-state index in [9.17, 15) is 8.78 Å². The predicted octanol–water partition coefficient (Wildman–Crippen LogP) is 4.88. The molecule has 0 aliphatic heterocycles. The molecule has 0 atom stereocenters. The first-order valence-electron chi connectivity index (χ1n) is 11.5. The molecule has 0 radical (unpaired) electrons. The SMILES string of the molecule is COc1cc(-n2cnc(Nc3nc(C4CC(F)(F)C4)nc4c3cnn4C(C)C)c2)cc(OC)c1OC. The second-order valence-corrected chi connectivity index (χ2v) is 8.99. The molecule has 0 amide bonds. The van der Waals surface area contributed by atoms with Gasteiger partial charge in [0, 0.05) is 36.9 Å². The number of ether oxygens (including phenoxy) is 3. The van der Waals surface area contributed by atoms with Crippen molar-refractivity contribution in [3.63, 3.8) is 0 Å². The van der Waals surface area contributed by atoms with Gasteiger partial charge in [-0.1, -0.05) is 0 Å². The summed E-state index contributed by atoms with van der Waals surface area (Å²) in [5, 5.41) is 8.34. The minimum absolute atomic E-state index is 0.0418. The summed E-state index contributed by atoms with van der Waals surface area (Å²) in [6, 6.07) is 3.65. The van der Waals surface area contributed by atoms with Gasteiger partial charge < -0.3 is 24.1 Å². The van der Waals surface area contributed by atoms with Gasteiger partial charge in [0.2, 0.25) is 11.7 Å². The van der Waals surface area contributed by atoms with E-state index in [-0.39, 0.29) is 18.9 Å². The summed E-state index contributed by atoms with van der Waals surface area (Å²) in [6.07, 6.45) is 4.56. The number of aromatic nitrogens is 6. The van der Waals surface area contributed by atoms with Crippen LogP contribution in [0.15, 0.2) is 30.9 Å². The molecule has 0 saturated heterocycles. The van der Waals surface area contributed by atoms with Gasteiger partial charge in [-0.05, 0) is 13.8 Å². The van der Waals surface area contributed by atoms with Crippen LogP contribution >= 0.6 is 0 Å². The van der Waals surface area contributed by atoms with E-state index >= 15 is 0 Å². The van der Waals surface area contributed by atoms with Crippen molar-refractivity contribution in [2.45, 2.75) is 44.6 Å². The molecule has 1 N–H and O–H groups in total. The van der Waals surface area contributed by atoms with Gasteiger partial charge >= 0.3 is 0 Å². The molecule has 12 heteroatoms. The van der Waals surface area contributed by atoms with Crippen molar-refractivity contribution in [1.29, 1.82) is 0 Å². The molecule has 10 nitrogen and oxygen atoms in total. The summed E-state index contributed by atoms with van der Waals surface area (Å²) in [4.78, 5) is 13.7. The van der Waals surface area contributed by atoms with E-state index in [2.05, 4.69) is 25.4 Å². The molecule has 1 aromatic carbocycles. The van der Waals surface area contributed by atoms with Crippen molar-refractivity contribution in [1.82, 2.24) is 29.3 Å². The Hall–Kier alpha value is -3.96. The van der Waals surface area contributed by atoms with Crippen LogP contribution in [0.3, 0.4) is 0 Å². The van der Waals surface area contributed by atoms with Crippen LogP contribution in [0.2, 0.25) is 0 Å². The molecule has 1 saturated carbocycles. The van der Waals surface area contributed by atoms with E-state index in [1.54, 1.807) is 61.4 Å². The van der Waals surface area contributed by atoms with Gasteiger partial charge in [0.1, 0.15) is 23.8 Å². The van der Waals surface area contributed by atoms with Crippen LogP contribution < -0.4 is 19.5 Å². The van der Waals surface area contributed by atoms with E-state index in [1.807, 2.05) is 13.8 Å². The van der Waals surface area contributed by atoms with Crippen LogP contribution in [0.25, 0.3) is 16.7 Å². The highest BCUT2D eigenvalue weighted by atomic mass is 19.3. The largest absolute Gasteiger partial charge is 0.493 e. The molecular weight excluding hydrogens is 472 g/mol. The number of hydrogen-bond donors (Lipinski definition) is 1. The number of nitrogens with zero attached hydrogens (tertiary/aromatic N) is 6. The number of methoxy groups -OCH3 is 3. The van der Waals surface area contributed by atoms with Crippen molar-refractivity contribution in [2.75, 3.05) is 26.6 Å². The smallest absolute Gasteiger partial charge is 0.249 e. The Morgan fingerprint density at radius 2 is 1.75 bits per heavy atom. The number of imidazole rings is 1. The third-order valence-electron chi connectivity index (χ3n) is 6.19. The van der Waals surface area contributed by atoms with Crippen molar-refractivity contribution < 1.29 is 23.0 Å². The third-order valence-corrected chi connectivity index (χ3v) is 6.19. The van der Waals surface area contributed by atoms with E-state index in [0.29, 0.717) is 45.7 Å². The van der Waals surface area contributed by atoms with Crippen LogP contribution in [0.5, 0.6) is 17.2 Å². The number of anilines is 2. The lowest BCUT2D eigenvalue weighted by molar-refractivity contribution is -0.0884. The maximum Gasteiger partial charge on any atom is 0.249 e. The van der Waals surface area contributed by atoms with Crippen molar-refractivity contribution in [3.05, 3.63) is 36.7 Å². The monoisotopic (exact) mass is 499 g/mol. The summed E-state index contributed by atoms with van der Waals surface area (Å²) in [5.74, 6) is -0.223. The number of halogens is 2. The number of benzene rings is 1. The van der Waals surface area contributed by atoms with Gasteiger partial charge in [0.25, 0.3) is 0 Å². The Bertz CT molecular complexity index is 1380. The normalized spacial score (nSPS) is 15.2. The average Bonchev–Trinajstić information content (AvgIpc) is 3.48. The molecule has 5 rings (SSSR count). The molecule has 0 bridgehead atoms. The zero-order valence-electron chi connectivity index (χ0n) is 20.6. The highest BCUT2D eigenvalue weighted by Crippen LogP contribution is 2.48. The summed E-state index contributed by atoms with van der Waals surface area (Å²) in [5.41, 5.74) is 1.33. The Kier molecular flexibility index (Phi) is 5.89. The Morgan fingerprint density at radius 1 is 1.06 bits per heavy atom. The van der Waals surface area contributed by atoms with E-state index in [1.165, 1.54) is 0 Å². The lowest BCUT2D eigenvalue weighted by atomic mass is 9.81. The highest BCUT2D eigenvalue weighted by Gasteiger charge is 2.47. The molecular formula is C24H27F2N7O3. The van der Waals surface area contributed by atoms with Crippen LogP contribution in [0.4, 0.5) is 20.4 Å². The van der Waals surface area contributed by atoms with Gasteiger partial charge in [0.15, 0.2) is 17.1 Å². The molecule has 1 aliphatic rings. The first kappa shape index (κ1) is 23.8. The van der Waals surface area contributed by atoms with Gasteiger partial charge in [-0.25, -0.2) is 28.4 Å². The standard InChI is InChI=1S/C24H27F2N7O3/c1-13(2)33-23-16(10-28-33)22(30-21(31-23)14-8-24(25,26)9-14)29-19-11-32(12-27-19)15-6-17(34-3)20(36-5)18(7-15)35-4/h6-7,10-14H,8-9H2,1-5H3,(H,29,30,31). The van der Waals surface area contributed by atoms with Gasteiger partial charge in [0.05, 0.1) is 44.8 Å². The highest BCUT2D eigenvalue weighted by molar-refractivity contribution is 5.88. The molecule has 0 spiro atoms. The Labute approximate surface area is 206 Å². The van der Waals surface area contributed by atoms with Crippen molar-refractivity contribution >= 4 is 22.7 Å². The Balaban J connectivity index is 1.51.